The molecule has 1 rings (SSSR count). The highest BCUT2D eigenvalue weighted by Crippen LogP contribution is 2.12. The number of nitrogens with zero attached hydrogens (tertiary/aromatic N) is 1. The number of carbonyl (C=O) groups excluding carboxylic acids is 1. The summed E-state index contributed by atoms with van der Waals surface area (Å²) in [7, 11) is 1.61. The van der Waals surface area contributed by atoms with Crippen LogP contribution in [0.5, 0.6) is 0 Å². The van der Waals surface area contributed by atoms with Crippen molar-refractivity contribution in [3.63, 3.8) is 0 Å². The molecule has 0 bridgehead atoms. The molecule has 82 valence electrons. The second-order valence-electron chi connectivity index (χ2n) is 3.35. The molecule has 0 saturated carbocycles. The molecule has 0 radical (unpaired) electrons. The molecule has 3 nitrogen and oxygen atoms in total. The van der Waals surface area contributed by atoms with Crippen molar-refractivity contribution in [3.8, 4) is 0 Å². The number of rotatable bonds is 4. The maximum Gasteiger partial charge on any atom is 0.231 e. The second-order valence-corrected chi connectivity index (χ2v) is 3.35. The van der Waals surface area contributed by atoms with Gasteiger partial charge in [-0.1, -0.05) is 12.1 Å². The lowest BCUT2D eigenvalue weighted by Gasteiger charge is -2.14. The lowest BCUT2D eigenvalue weighted by atomic mass is 10.2. The highest BCUT2D eigenvalue weighted by atomic mass is 19.2. The molecule has 0 aliphatic heterocycles. The molecular formula is C10H12F2N2O. The van der Waals surface area contributed by atoms with Crippen LogP contribution in [0, 0.1) is 11.6 Å². The van der Waals surface area contributed by atoms with E-state index in [-0.39, 0.29) is 18.7 Å². The van der Waals surface area contributed by atoms with Gasteiger partial charge in [-0.05, 0) is 13.1 Å². The van der Waals surface area contributed by atoms with Crippen LogP contribution in [-0.4, -0.2) is 24.4 Å². The van der Waals surface area contributed by atoms with Crippen molar-refractivity contribution in [3.05, 3.63) is 35.4 Å². The van der Waals surface area contributed by atoms with Crippen molar-refractivity contribution >= 4 is 5.91 Å². The van der Waals surface area contributed by atoms with Gasteiger partial charge in [-0.3, -0.25) is 9.69 Å². The fraction of sp³-hybridized carbons (Fsp3) is 0.300. The first-order chi connectivity index (χ1) is 7.00. The Balaban J connectivity index is 2.72. The monoisotopic (exact) mass is 214 g/mol. The summed E-state index contributed by atoms with van der Waals surface area (Å²) >= 11 is 0. The normalized spacial score (nSPS) is 10.7. The summed E-state index contributed by atoms with van der Waals surface area (Å²) < 4.78 is 26.0. The fourth-order valence-electron chi connectivity index (χ4n) is 1.28. The molecule has 0 fully saturated rings. The van der Waals surface area contributed by atoms with Crippen molar-refractivity contribution in [2.45, 2.75) is 6.54 Å². The number of amides is 1. The third-order valence-electron chi connectivity index (χ3n) is 1.90. The van der Waals surface area contributed by atoms with E-state index in [4.69, 9.17) is 5.73 Å². The quantitative estimate of drug-likeness (QED) is 0.808. The first-order valence-electron chi connectivity index (χ1n) is 4.40. The Bertz CT molecular complexity index is 368. The van der Waals surface area contributed by atoms with Crippen LogP contribution >= 0.6 is 0 Å². The number of hydrogen-bond acceptors (Lipinski definition) is 2. The Morgan fingerprint density at radius 1 is 1.47 bits per heavy atom. The van der Waals surface area contributed by atoms with E-state index in [1.807, 2.05) is 0 Å². The standard InChI is InChI=1S/C10H12F2N2O/c1-14(6-9(13)15)5-7-3-2-4-8(11)10(7)12/h2-4H,5-6H2,1H3,(H2,13,15). The minimum absolute atomic E-state index is 0.00987. The van der Waals surface area contributed by atoms with Gasteiger partial charge in [-0.15, -0.1) is 0 Å². The number of benzene rings is 1. The first kappa shape index (κ1) is 11.6. The fourth-order valence-corrected chi connectivity index (χ4v) is 1.28. The lowest BCUT2D eigenvalue weighted by Crippen LogP contribution is -2.30. The van der Waals surface area contributed by atoms with Gasteiger partial charge in [0, 0.05) is 12.1 Å². The zero-order chi connectivity index (χ0) is 11.4. The molecule has 0 heterocycles. The zero-order valence-corrected chi connectivity index (χ0v) is 8.34. The van der Waals surface area contributed by atoms with Crippen molar-refractivity contribution < 1.29 is 13.6 Å². The molecule has 2 N–H and O–H groups in total. The average molecular weight is 214 g/mol. The van der Waals surface area contributed by atoms with Gasteiger partial charge < -0.3 is 5.73 Å². The largest absolute Gasteiger partial charge is 0.369 e. The van der Waals surface area contributed by atoms with E-state index in [2.05, 4.69) is 0 Å². The van der Waals surface area contributed by atoms with E-state index in [0.717, 1.165) is 6.07 Å². The molecule has 1 aromatic rings. The highest BCUT2D eigenvalue weighted by molar-refractivity contribution is 5.75. The molecule has 1 aromatic carbocycles. The van der Waals surface area contributed by atoms with Crippen LogP contribution < -0.4 is 5.73 Å². The molecule has 0 unspecified atom stereocenters. The number of hydrogen-bond donors (Lipinski definition) is 1. The third kappa shape index (κ3) is 3.28. The third-order valence-corrected chi connectivity index (χ3v) is 1.90. The minimum atomic E-state index is -0.889. The van der Waals surface area contributed by atoms with Crippen molar-refractivity contribution in [2.24, 2.45) is 5.73 Å². The zero-order valence-electron chi connectivity index (χ0n) is 8.34. The van der Waals surface area contributed by atoms with E-state index in [9.17, 15) is 13.6 Å². The molecular weight excluding hydrogens is 202 g/mol. The SMILES string of the molecule is CN(CC(N)=O)Cc1cccc(F)c1F. The Labute approximate surface area is 86.5 Å². The van der Waals surface area contributed by atoms with Crippen LogP contribution in [0.2, 0.25) is 0 Å². The van der Waals surface area contributed by atoms with Gasteiger partial charge in [0.25, 0.3) is 0 Å². The molecule has 0 aliphatic rings. The number of halogens is 2. The van der Waals surface area contributed by atoms with Gasteiger partial charge in [0.15, 0.2) is 11.6 Å². The Morgan fingerprint density at radius 3 is 2.73 bits per heavy atom. The lowest BCUT2D eigenvalue weighted by molar-refractivity contribution is -0.118. The van der Waals surface area contributed by atoms with Crippen LogP contribution in [0.1, 0.15) is 5.56 Å². The van der Waals surface area contributed by atoms with E-state index < -0.39 is 17.5 Å². The molecule has 0 spiro atoms. The molecule has 0 aromatic heterocycles. The van der Waals surface area contributed by atoms with Crippen LogP contribution in [0.4, 0.5) is 8.78 Å². The molecule has 0 atom stereocenters. The smallest absolute Gasteiger partial charge is 0.231 e. The van der Waals surface area contributed by atoms with E-state index in [0.29, 0.717) is 0 Å². The molecule has 5 heteroatoms. The van der Waals surface area contributed by atoms with Gasteiger partial charge in [0.2, 0.25) is 5.91 Å². The minimum Gasteiger partial charge on any atom is -0.369 e. The van der Waals surface area contributed by atoms with Gasteiger partial charge in [-0.25, -0.2) is 8.78 Å². The highest BCUT2D eigenvalue weighted by Gasteiger charge is 2.10. The van der Waals surface area contributed by atoms with Crippen LogP contribution in [0.25, 0.3) is 0 Å². The van der Waals surface area contributed by atoms with Crippen molar-refractivity contribution in [1.29, 1.82) is 0 Å². The molecule has 1 amide bonds. The van der Waals surface area contributed by atoms with Crippen molar-refractivity contribution in [2.75, 3.05) is 13.6 Å². The number of likely N-dealkylation sites (N-methyl/N-ethyl adjacent to an activating group) is 1. The summed E-state index contributed by atoms with van der Waals surface area (Å²) in [6, 6.07) is 3.94. The van der Waals surface area contributed by atoms with E-state index >= 15 is 0 Å². The number of nitrogens with two attached hydrogens (primary N) is 1. The van der Waals surface area contributed by atoms with Crippen LogP contribution in [0.15, 0.2) is 18.2 Å². The van der Waals surface area contributed by atoms with Crippen LogP contribution in [0.3, 0.4) is 0 Å². The maximum atomic E-state index is 13.2. The van der Waals surface area contributed by atoms with Crippen molar-refractivity contribution in [1.82, 2.24) is 4.90 Å². The van der Waals surface area contributed by atoms with Gasteiger partial charge in [-0.2, -0.15) is 0 Å². The topological polar surface area (TPSA) is 46.3 Å². The molecule has 0 saturated heterocycles. The summed E-state index contributed by atoms with van der Waals surface area (Å²) in [5.74, 6) is -2.27. The summed E-state index contributed by atoms with van der Waals surface area (Å²) in [6.07, 6.45) is 0. The predicted molar refractivity (Wildman–Crippen MR) is 51.9 cm³/mol. The van der Waals surface area contributed by atoms with Gasteiger partial charge >= 0.3 is 0 Å². The van der Waals surface area contributed by atoms with E-state index in [1.54, 1.807) is 7.05 Å². The molecule has 15 heavy (non-hydrogen) atoms. The number of primary amides is 1. The Hall–Kier alpha value is -1.49. The Kier molecular flexibility index (Phi) is 3.74. The average Bonchev–Trinajstić information content (AvgIpc) is 2.11. The predicted octanol–water partition coefficient (Wildman–Crippen LogP) is 0.882. The second kappa shape index (κ2) is 4.84. The first-order valence-corrected chi connectivity index (χ1v) is 4.40. The van der Waals surface area contributed by atoms with Gasteiger partial charge in [0.1, 0.15) is 0 Å². The summed E-state index contributed by atoms with van der Waals surface area (Å²) in [6.45, 7) is 0.155. The van der Waals surface area contributed by atoms with Crippen LogP contribution in [-0.2, 0) is 11.3 Å². The Morgan fingerprint density at radius 2 is 2.13 bits per heavy atom. The number of carbonyl (C=O) groups is 1. The summed E-state index contributed by atoms with van der Waals surface area (Å²) in [4.78, 5) is 12.1. The van der Waals surface area contributed by atoms with E-state index in [1.165, 1.54) is 17.0 Å². The van der Waals surface area contributed by atoms with Gasteiger partial charge in [0.05, 0.1) is 6.54 Å². The maximum absolute atomic E-state index is 13.2. The summed E-state index contributed by atoms with van der Waals surface area (Å²) in [5, 5.41) is 0. The summed E-state index contributed by atoms with van der Waals surface area (Å²) in [5.41, 5.74) is 5.17. The molecule has 0 aliphatic carbocycles.